The lowest BCUT2D eigenvalue weighted by Crippen LogP contribution is -2.47. The second-order valence-electron chi connectivity index (χ2n) is 9.03. The first-order valence-electron chi connectivity index (χ1n) is 10.2. The third-order valence-electron chi connectivity index (χ3n) is 4.61. The van der Waals surface area contributed by atoms with E-state index in [1.807, 2.05) is 32.0 Å². The molecule has 0 fully saturated rings. The van der Waals surface area contributed by atoms with Crippen LogP contribution in [-0.2, 0) is 0 Å². The van der Waals surface area contributed by atoms with Crippen LogP contribution in [0.4, 0.5) is 5.69 Å². The predicted octanol–water partition coefficient (Wildman–Crippen LogP) is 4.33. The van der Waals surface area contributed by atoms with E-state index in [0.29, 0.717) is 24.9 Å². The fourth-order valence-electron chi connectivity index (χ4n) is 3.62. The lowest BCUT2D eigenvalue weighted by Gasteiger charge is -2.34. The van der Waals surface area contributed by atoms with Crippen LogP contribution in [0.3, 0.4) is 0 Å². The summed E-state index contributed by atoms with van der Waals surface area (Å²) in [7, 11) is 1.67. The van der Waals surface area contributed by atoms with Gasteiger partial charge >= 0.3 is 0 Å². The molecule has 0 bridgehead atoms. The molecule has 1 aromatic heterocycles. The molecule has 28 heavy (non-hydrogen) atoms. The SMILES string of the molecule is COc1cc(NC[C@](C)(O)CN(CC(C)C)CC(C)C)c2nc(C)ccc2c1. The van der Waals surface area contributed by atoms with Gasteiger partial charge in [0.15, 0.2) is 0 Å². The van der Waals surface area contributed by atoms with Crippen LogP contribution in [0.25, 0.3) is 10.9 Å². The first-order valence-corrected chi connectivity index (χ1v) is 10.2. The molecule has 0 spiro atoms. The summed E-state index contributed by atoms with van der Waals surface area (Å²) in [5.74, 6) is 1.91. The second kappa shape index (κ2) is 9.57. The van der Waals surface area contributed by atoms with E-state index < -0.39 is 5.60 Å². The minimum Gasteiger partial charge on any atom is -0.497 e. The van der Waals surface area contributed by atoms with E-state index in [2.05, 4.69) is 49.0 Å². The van der Waals surface area contributed by atoms with Crippen LogP contribution in [0.1, 0.15) is 40.3 Å². The number of hydrogen-bond donors (Lipinski definition) is 2. The molecule has 2 rings (SSSR count). The summed E-state index contributed by atoms with van der Waals surface area (Å²) in [5, 5.41) is 15.5. The summed E-state index contributed by atoms with van der Waals surface area (Å²) in [6, 6.07) is 7.98. The number of pyridine rings is 1. The van der Waals surface area contributed by atoms with Gasteiger partial charge in [-0.2, -0.15) is 0 Å². The van der Waals surface area contributed by atoms with Gasteiger partial charge in [-0.3, -0.25) is 9.88 Å². The molecule has 5 heteroatoms. The molecule has 156 valence electrons. The number of rotatable bonds is 10. The maximum atomic E-state index is 11.1. The Balaban J connectivity index is 2.17. The van der Waals surface area contributed by atoms with Gasteiger partial charge in [0.25, 0.3) is 0 Å². The molecule has 0 amide bonds. The molecule has 1 aromatic carbocycles. The van der Waals surface area contributed by atoms with Gasteiger partial charge in [-0.1, -0.05) is 33.8 Å². The molecule has 2 aromatic rings. The molecule has 0 radical (unpaired) electrons. The topological polar surface area (TPSA) is 57.6 Å². The number of aliphatic hydroxyl groups is 1. The van der Waals surface area contributed by atoms with Crippen LogP contribution >= 0.6 is 0 Å². The third kappa shape index (κ3) is 6.64. The Hall–Kier alpha value is -1.85. The largest absolute Gasteiger partial charge is 0.497 e. The lowest BCUT2D eigenvalue weighted by atomic mass is 10.0. The van der Waals surface area contributed by atoms with Crippen LogP contribution in [0.5, 0.6) is 5.75 Å². The van der Waals surface area contributed by atoms with E-state index in [1.54, 1.807) is 7.11 Å². The van der Waals surface area contributed by atoms with Crippen molar-refractivity contribution in [1.82, 2.24) is 9.88 Å². The molecule has 0 aliphatic rings. The first kappa shape index (κ1) is 22.4. The maximum absolute atomic E-state index is 11.1. The molecule has 0 aliphatic carbocycles. The zero-order chi connectivity index (χ0) is 20.9. The molecule has 0 saturated heterocycles. The standard InChI is InChI=1S/C23H37N3O2/c1-16(2)12-26(13-17(3)4)15-23(6,27)14-24-21-11-20(28-7)10-19-9-8-18(5)25-22(19)21/h8-11,16-17,24,27H,12-15H2,1-7H3/t23-/m0/s1. The van der Waals surface area contributed by atoms with Crippen LogP contribution in [0.15, 0.2) is 24.3 Å². The molecular formula is C23H37N3O2. The number of fused-ring (bicyclic) bond motifs is 1. The average Bonchev–Trinajstić information content (AvgIpc) is 2.58. The number of aromatic nitrogens is 1. The van der Waals surface area contributed by atoms with Gasteiger partial charge < -0.3 is 15.2 Å². The van der Waals surface area contributed by atoms with E-state index in [0.717, 1.165) is 41.1 Å². The summed E-state index contributed by atoms with van der Waals surface area (Å²) < 4.78 is 5.44. The van der Waals surface area contributed by atoms with Crippen molar-refractivity contribution >= 4 is 16.6 Å². The highest BCUT2D eigenvalue weighted by atomic mass is 16.5. The van der Waals surface area contributed by atoms with Crippen molar-refractivity contribution in [1.29, 1.82) is 0 Å². The third-order valence-corrected chi connectivity index (χ3v) is 4.61. The van der Waals surface area contributed by atoms with Crippen LogP contribution < -0.4 is 10.1 Å². The lowest BCUT2D eigenvalue weighted by molar-refractivity contribution is 0.0239. The van der Waals surface area contributed by atoms with Crippen molar-refractivity contribution < 1.29 is 9.84 Å². The highest BCUT2D eigenvalue weighted by Crippen LogP contribution is 2.28. The first-order chi connectivity index (χ1) is 13.1. The van der Waals surface area contributed by atoms with Gasteiger partial charge in [0.1, 0.15) is 5.75 Å². The zero-order valence-corrected chi connectivity index (χ0v) is 18.5. The summed E-state index contributed by atoms with van der Waals surface area (Å²) >= 11 is 0. The molecule has 1 heterocycles. The number of methoxy groups -OCH3 is 1. The summed E-state index contributed by atoms with van der Waals surface area (Å²) in [4.78, 5) is 7.05. The molecule has 1 atom stereocenters. The molecule has 0 saturated carbocycles. The number of ether oxygens (including phenoxy) is 1. The number of aryl methyl sites for hydroxylation is 1. The van der Waals surface area contributed by atoms with Gasteiger partial charge in [-0.15, -0.1) is 0 Å². The number of anilines is 1. The van der Waals surface area contributed by atoms with Crippen molar-refractivity contribution in [2.75, 3.05) is 38.6 Å². The molecule has 0 aliphatic heterocycles. The van der Waals surface area contributed by atoms with Gasteiger partial charge in [0.2, 0.25) is 0 Å². The minimum absolute atomic E-state index is 0.442. The fourth-order valence-corrected chi connectivity index (χ4v) is 3.62. The number of benzene rings is 1. The second-order valence-corrected chi connectivity index (χ2v) is 9.03. The Morgan fingerprint density at radius 2 is 1.79 bits per heavy atom. The number of nitrogens with zero attached hydrogens (tertiary/aromatic N) is 2. The zero-order valence-electron chi connectivity index (χ0n) is 18.5. The van der Waals surface area contributed by atoms with Crippen molar-refractivity contribution in [2.24, 2.45) is 11.8 Å². The Morgan fingerprint density at radius 1 is 1.14 bits per heavy atom. The van der Waals surface area contributed by atoms with Gasteiger partial charge in [0, 0.05) is 43.3 Å². The average molecular weight is 388 g/mol. The number of hydrogen-bond acceptors (Lipinski definition) is 5. The monoisotopic (exact) mass is 387 g/mol. The van der Waals surface area contributed by atoms with Gasteiger partial charge in [-0.05, 0) is 37.8 Å². The van der Waals surface area contributed by atoms with Crippen molar-refractivity contribution in [2.45, 2.75) is 47.1 Å². The predicted molar refractivity (Wildman–Crippen MR) is 118 cm³/mol. The molecule has 5 nitrogen and oxygen atoms in total. The molecule has 2 N–H and O–H groups in total. The Bertz CT molecular complexity index is 762. The normalized spacial score (nSPS) is 14.1. The summed E-state index contributed by atoms with van der Waals surface area (Å²) in [6.07, 6.45) is 0. The van der Waals surface area contributed by atoms with E-state index in [9.17, 15) is 5.11 Å². The summed E-state index contributed by atoms with van der Waals surface area (Å²) in [5.41, 5.74) is 1.89. The van der Waals surface area contributed by atoms with Crippen LogP contribution in [-0.4, -0.2) is 53.9 Å². The van der Waals surface area contributed by atoms with E-state index >= 15 is 0 Å². The van der Waals surface area contributed by atoms with Crippen LogP contribution in [0, 0.1) is 18.8 Å². The number of nitrogens with one attached hydrogen (secondary N) is 1. The quantitative estimate of drug-likeness (QED) is 0.635. The van der Waals surface area contributed by atoms with Crippen molar-refractivity contribution in [3.63, 3.8) is 0 Å². The van der Waals surface area contributed by atoms with Crippen LogP contribution in [0.2, 0.25) is 0 Å². The van der Waals surface area contributed by atoms with E-state index in [-0.39, 0.29) is 0 Å². The van der Waals surface area contributed by atoms with Gasteiger partial charge in [0.05, 0.1) is 23.9 Å². The minimum atomic E-state index is -0.858. The van der Waals surface area contributed by atoms with Crippen molar-refractivity contribution in [3.8, 4) is 5.75 Å². The Morgan fingerprint density at radius 3 is 2.36 bits per heavy atom. The molecular weight excluding hydrogens is 350 g/mol. The fraction of sp³-hybridized carbons (Fsp3) is 0.609. The Labute approximate surface area is 170 Å². The van der Waals surface area contributed by atoms with Gasteiger partial charge in [-0.25, -0.2) is 0 Å². The maximum Gasteiger partial charge on any atom is 0.121 e. The molecule has 0 unspecified atom stereocenters. The Kier molecular flexibility index (Phi) is 7.67. The van der Waals surface area contributed by atoms with Crippen molar-refractivity contribution in [3.05, 3.63) is 30.0 Å². The highest BCUT2D eigenvalue weighted by molar-refractivity contribution is 5.92. The summed E-state index contributed by atoms with van der Waals surface area (Å²) in [6.45, 7) is 15.8. The smallest absolute Gasteiger partial charge is 0.121 e. The van der Waals surface area contributed by atoms with E-state index in [4.69, 9.17) is 4.74 Å². The highest BCUT2D eigenvalue weighted by Gasteiger charge is 2.25. The van der Waals surface area contributed by atoms with E-state index in [1.165, 1.54) is 0 Å².